The molecule has 7 nitrogen and oxygen atoms in total. The summed E-state index contributed by atoms with van der Waals surface area (Å²) in [6.07, 6.45) is 4.53. The number of amides is 1. The zero-order valence-electron chi connectivity index (χ0n) is 16.1. The van der Waals surface area contributed by atoms with Crippen molar-refractivity contribution in [2.24, 2.45) is 5.41 Å². The fourth-order valence-electron chi connectivity index (χ4n) is 3.79. The van der Waals surface area contributed by atoms with Crippen LogP contribution in [0.2, 0.25) is 0 Å². The summed E-state index contributed by atoms with van der Waals surface area (Å²) < 4.78 is 5.40. The fourth-order valence-corrected chi connectivity index (χ4v) is 3.79. The van der Waals surface area contributed by atoms with Gasteiger partial charge in [0, 0.05) is 57.0 Å². The molecular formula is C19H30N4O3. The highest BCUT2D eigenvalue weighted by Gasteiger charge is 2.49. The molecule has 2 saturated heterocycles. The molecule has 0 radical (unpaired) electrons. The Bertz CT molecular complexity index is 628. The van der Waals surface area contributed by atoms with Crippen molar-refractivity contribution in [2.75, 3.05) is 45.9 Å². The predicted molar refractivity (Wildman–Crippen MR) is 97.9 cm³/mol. The van der Waals surface area contributed by atoms with E-state index >= 15 is 0 Å². The molecule has 26 heavy (non-hydrogen) atoms. The molecule has 1 aromatic heterocycles. The molecule has 0 unspecified atom stereocenters. The molecule has 2 aliphatic rings. The average Bonchev–Trinajstić information content (AvgIpc) is 2.64. The summed E-state index contributed by atoms with van der Waals surface area (Å²) in [5.74, 6) is 0.676. The van der Waals surface area contributed by atoms with Gasteiger partial charge in [0.05, 0.1) is 24.4 Å². The van der Waals surface area contributed by atoms with E-state index in [4.69, 9.17) is 4.74 Å². The third-order valence-corrected chi connectivity index (χ3v) is 5.79. The Morgan fingerprint density at radius 2 is 1.88 bits per heavy atom. The zero-order valence-corrected chi connectivity index (χ0v) is 16.1. The first-order chi connectivity index (χ1) is 12.3. The first-order valence-corrected chi connectivity index (χ1v) is 9.47. The van der Waals surface area contributed by atoms with Crippen LogP contribution in [0.25, 0.3) is 0 Å². The van der Waals surface area contributed by atoms with Crippen LogP contribution in [0.4, 0.5) is 0 Å². The van der Waals surface area contributed by atoms with Crippen molar-refractivity contribution < 1.29 is 14.6 Å². The average molecular weight is 362 g/mol. The molecule has 0 bridgehead atoms. The molecule has 0 aliphatic carbocycles. The van der Waals surface area contributed by atoms with E-state index in [2.05, 4.69) is 14.9 Å². The molecule has 144 valence electrons. The number of aromatic nitrogens is 2. The number of morpholine rings is 1. The second-order valence-electron chi connectivity index (χ2n) is 8.02. The SMILES string of the molecule is CCc1ncc(C(=O)N2CC[C@](O)(CN3CCOCC3)C(C)(C)C2)cn1. The van der Waals surface area contributed by atoms with E-state index in [9.17, 15) is 9.90 Å². The highest BCUT2D eigenvalue weighted by Crippen LogP contribution is 2.39. The van der Waals surface area contributed by atoms with E-state index in [1.54, 1.807) is 12.4 Å². The molecule has 7 heteroatoms. The van der Waals surface area contributed by atoms with Gasteiger partial charge < -0.3 is 14.7 Å². The first kappa shape index (κ1) is 19.2. The topological polar surface area (TPSA) is 78.8 Å². The van der Waals surface area contributed by atoms with Gasteiger partial charge in [0.25, 0.3) is 5.91 Å². The van der Waals surface area contributed by atoms with Crippen LogP contribution in [0.5, 0.6) is 0 Å². The molecule has 1 amide bonds. The number of rotatable bonds is 4. The van der Waals surface area contributed by atoms with Crippen LogP contribution in [0.3, 0.4) is 0 Å². The fraction of sp³-hybridized carbons (Fsp3) is 0.737. The normalized spacial score (nSPS) is 26.7. The number of hydrogen-bond acceptors (Lipinski definition) is 6. The Labute approximate surface area is 155 Å². The third-order valence-electron chi connectivity index (χ3n) is 5.79. The van der Waals surface area contributed by atoms with Gasteiger partial charge in [-0.05, 0) is 6.42 Å². The van der Waals surface area contributed by atoms with Gasteiger partial charge in [-0.3, -0.25) is 9.69 Å². The second kappa shape index (κ2) is 7.58. The van der Waals surface area contributed by atoms with Crippen LogP contribution in [-0.2, 0) is 11.2 Å². The van der Waals surface area contributed by atoms with Gasteiger partial charge in [-0.15, -0.1) is 0 Å². The van der Waals surface area contributed by atoms with Gasteiger partial charge in [-0.25, -0.2) is 9.97 Å². The maximum absolute atomic E-state index is 12.8. The van der Waals surface area contributed by atoms with E-state index in [0.717, 1.165) is 38.5 Å². The van der Waals surface area contributed by atoms with E-state index in [0.29, 0.717) is 31.6 Å². The van der Waals surface area contributed by atoms with Gasteiger partial charge in [0.15, 0.2) is 0 Å². The molecule has 1 aromatic rings. The largest absolute Gasteiger partial charge is 0.388 e. The van der Waals surface area contributed by atoms with Crippen molar-refractivity contribution in [1.29, 1.82) is 0 Å². The summed E-state index contributed by atoms with van der Waals surface area (Å²) in [6, 6.07) is 0. The van der Waals surface area contributed by atoms with Crippen LogP contribution in [0.15, 0.2) is 12.4 Å². The lowest BCUT2D eigenvalue weighted by molar-refractivity contribution is -0.133. The number of aliphatic hydroxyl groups is 1. The Balaban J connectivity index is 1.67. The molecule has 2 fully saturated rings. The summed E-state index contributed by atoms with van der Waals surface area (Å²) in [5.41, 5.74) is -0.704. The lowest BCUT2D eigenvalue weighted by atomic mass is 9.69. The summed E-state index contributed by atoms with van der Waals surface area (Å²) in [7, 11) is 0. The Morgan fingerprint density at radius 3 is 2.46 bits per heavy atom. The maximum atomic E-state index is 12.8. The van der Waals surface area contributed by atoms with Gasteiger partial charge >= 0.3 is 0 Å². The molecule has 3 heterocycles. The lowest BCUT2D eigenvalue weighted by Crippen LogP contribution is -2.63. The number of aryl methyl sites for hydroxylation is 1. The number of carbonyl (C=O) groups is 1. The molecule has 1 atom stereocenters. The number of ether oxygens (including phenoxy) is 1. The van der Waals surface area contributed by atoms with Crippen LogP contribution in [-0.4, -0.2) is 82.3 Å². The Hall–Kier alpha value is -1.57. The van der Waals surface area contributed by atoms with Crippen LogP contribution in [0.1, 0.15) is 43.4 Å². The molecule has 0 spiro atoms. The number of likely N-dealkylation sites (tertiary alicyclic amines) is 1. The van der Waals surface area contributed by atoms with Crippen molar-refractivity contribution in [3.05, 3.63) is 23.8 Å². The van der Waals surface area contributed by atoms with Crippen molar-refractivity contribution in [3.63, 3.8) is 0 Å². The highest BCUT2D eigenvalue weighted by molar-refractivity contribution is 5.93. The van der Waals surface area contributed by atoms with E-state index in [1.807, 2.05) is 25.7 Å². The number of piperidine rings is 1. The van der Waals surface area contributed by atoms with E-state index in [1.165, 1.54) is 0 Å². The quantitative estimate of drug-likeness (QED) is 0.860. The molecule has 3 rings (SSSR count). The maximum Gasteiger partial charge on any atom is 0.257 e. The standard InChI is InChI=1S/C19H30N4O3/c1-4-16-20-11-15(12-21-16)17(24)23-6-5-19(25,18(2,3)13-23)14-22-7-9-26-10-8-22/h11-12,25H,4-10,13-14H2,1-3H3/t19-/m0/s1. The molecule has 1 N–H and O–H groups in total. The van der Waals surface area contributed by atoms with Crippen molar-refractivity contribution in [2.45, 2.75) is 39.2 Å². The van der Waals surface area contributed by atoms with Gasteiger partial charge in [0.2, 0.25) is 0 Å². The molecular weight excluding hydrogens is 332 g/mol. The van der Waals surface area contributed by atoms with Gasteiger partial charge in [0.1, 0.15) is 5.82 Å². The monoisotopic (exact) mass is 362 g/mol. The first-order valence-electron chi connectivity index (χ1n) is 9.47. The Morgan fingerprint density at radius 1 is 1.23 bits per heavy atom. The number of carbonyl (C=O) groups excluding carboxylic acids is 1. The number of nitrogens with zero attached hydrogens (tertiary/aromatic N) is 4. The predicted octanol–water partition coefficient (Wildman–Crippen LogP) is 0.974. The van der Waals surface area contributed by atoms with Crippen molar-refractivity contribution >= 4 is 5.91 Å². The van der Waals surface area contributed by atoms with Gasteiger partial charge in [-0.2, -0.15) is 0 Å². The van der Waals surface area contributed by atoms with Crippen molar-refractivity contribution in [3.8, 4) is 0 Å². The van der Waals surface area contributed by atoms with E-state index < -0.39 is 11.0 Å². The lowest BCUT2D eigenvalue weighted by Gasteiger charge is -2.52. The summed E-state index contributed by atoms with van der Waals surface area (Å²) >= 11 is 0. The van der Waals surface area contributed by atoms with Crippen LogP contribution < -0.4 is 0 Å². The van der Waals surface area contributed by atoms with Gasteiger partial charge in [-0.1, -0.05) is 20.8 Å². The number of β-amino-alcohol motifs (C(OH)–C–C–N with tert-alkyl or cyclic N) is 1. The van der Waals surface area contributed by atoms with Crippen LogP contribution in [0, 0.1) is 5.41 Å². The summed E-state index contributed by atoms with van der Waals surface area (Å²) in [4.78, 5) is 25.4. The van der Waals surface area contributed by atoms with E-state index in [-0.39, 0.29) is 5.91 Å². The zero-order chi connectivity index (χ0) is 18.8. The summed E-state index contributed by atoms with van der Waals surface area (Å²) in [6.45, 7) is 10.9. The minimum Gasteiger partial charge on any atom is -0.388 e. The Kier molecular flexibility index (Phi) is 5.60. The molecule has 2 aliphatic heterocycles. The summed E-state index contributed by atoms with van der Waals surface area (Å²) in [5, 5.41) is 11.3. The second-order valence-corrected chi connectivity index (χ2v) is 8.02. The minimum absolute atomic E-state index is 0.0610. The van der Waals surface area contributed by atoms with Crippen molar-refractivity contribution in [1.82, 2.24) is 19.8 Å². The smallest absolute Gasteiger partial charge is 0.257 e. The highest BCUT2D eigenvalue weighted by atomic mass is 16.5. The third kappa shape index (κ3) is 3.89. The van der Waals surface area contributed by atoms with Crippen LogP contribution >= 0.6 is 0 Å². The molecule has 0 aromatic carbocycles. The number of hydrogen-bond donors (Lipinski definition) is 1. The molecule has 0 saturated carbocycles. The minimum atomic E-state index is -0.816.